The number of aromatic nitrogens is 1. The third-order valence-corrected chi connectivity index (χ3v) is 4.43. The van der Waals surface area contributed by atoms with Gasteiger partial charge >= 0.3 is 0 Å². The van der Waals surface area contributed by atoms with Gasteiger partial charge in [-0.2, -0.15) is 0 Å². The molecular formula is C22H22ClFN2O2. The molecule has 1 heterocycles. The molecule has 1 aromatic heterocycles. The number of nitrogens with zero attached hydrogens (tertiary/aromatic N) is 1. The highest BCUT2D eigenvalue weighted by molar-refractivity contribution is 6.33. The first-order chi connectivity index (χ1) is 13.1. The Labute approximate surface area is 168 Å². The molecule has 28 heavy (non-hydrogen) atoms. The van der Waals surface area contributed by atoms with E-state index >= 15 is 0 Å². The first kappa shape index (κ1) is 20.1. The Bertz CT molecular complexity index is 1030. The summed E-state index contributed by atoms with van der Waals surface area (Å²) >= 11 is 6.22. The van der Waals surface area contributed by atoms with Gasteiger partial charge in [0.2, 0.25) is 0 Å². The van der Waals surface area contributed by atoms with Crippen LogP contribution in [0.2, 0.25) is 5.02 Å². The minimum absolute atomic E-state index is 0.188. The molecule has 1 atom stereocenters. The molecule has 2 aromatic carbocycles. The topological polar surface area (TPSA) is 51.2 Å². The van der Waals surface area contributed by atoms with Crippen molar-refractivity contribution in [1.82, 2.24) is 10.3 Å². The molecule has 0 spiro atoms. The Morgan fingerprint density at radius 3 is 2.57 bits per heavy atom. The predicted octanol–water partition coefficient (Wildman–Crippen LogP) is 5.38. The average molecular weight is 401 g/mol. The summed E-state index contributed by atoms with van der Waals surface area (Å²) < 4.78 is 19.2. The van der Waals surface area contributed by atoms with Crippen LogP contribution in [-0.4, -0.2) is 22.5 Å². The molecule has 0 bridgehead atoms. The van der Waals surface area contributed by atoms with Crippen LogP contribution in [0.15, 0.2) is 48.7 Å². The molecule has 0 radical (unpaired) electrons. The summed E-state index contributed by atoms with van der Waals surface area (Å²) in [4.78, 5) is 16.6. The standard InChI is InChI=1S/C22H22ClFN2O2/c1-13(21(27)26-22(2,3)4)28-15-6-8-18-16(9-10-25-20(18)12-15)17-7-5-14(24)11-19(17)23/h5-13H,1-4H3,(H,26,27)/t13-/m1/s1. The molecule has 0 unspecified atom stereocenters. The predicted molar refractivity (Wildman–Crippen MR) is 110 cm³/mol. The maximum Gasteiger partial charge on any atom is 0.261 e. The summed E-state index contributed by atoms with van der Waals surface area (Å²) in [6, 6.07) is 11.6. The summed E-state index contributed by atoms with van der Waals surface area (Å²) in [7, 11) is 0. The highest BCUT2D eigenvalue weighted by Gasteiger charge is 2.20. The van der Waals surface area contributed by atoms with E-state index in [0.29, 0.717) is 16.3 Å². The molecule has 3 aromatic rings. The molecule has 6 heteroatoms. The Kier molecular flexibility index (Phi) is 5.57. The number of nitrogens with one attached hydrogen (secondary N) is 1. The number of carbonyl (C=O) groups excluding carboxylic acids is 1. The van der Waals surface area contributed by atoms with Crippen LogP contribution < -0.4 is 10.1 Å². The maximum atomic E-state index is 13.4. The fraction of sp³-hybridized carbons (Fsp3) is 0.273. The van der Waals surface area contributed by atoms with E-state index in [4.69, 9.17) is 16.3 Å². The Balaban J connectivity index is 1.90. The smallest absolute Gasteiger partial charge is 0.261 e. The third kappa shape index (κ3) is 4.60. The van der Waals surface area contributed by atoms with E-state index in [9.17, 15) is 9.18 Å². The van der Waals surface area contributed by atoms with Gasteiger partial charge in [-0.05, 0) is 69.7 Å². The SMILES string of the molecule is C[C@@H](Oc1ccc2c(-c3ccc(F)cc3Cl)ccnc2c1)C(=O)NC(C)(C)C. The summed E-state index contributed by atoms with van der Waals surface area (Å²) in [6.45, 7) is 7.45. The van der Waals surface area contributed by atoms with Crippen LogP contribution in [0.5, 0.6) is 5.75 Å². The number of rotatable bonds is 4. The zero-order chi connectivity index (χ0) is 20.5. The van der Waals surface area contributed by atoms with Crippen molar-refractivity contribution in [2.45, 2.75) is 39.3 Å². The van der Waals surface area contributed by atoms with E-state index in [0.717, 1.165) is 16.5 Å². The van der Waals surface area contributed by atoms with Gasteiger partial charge in [0.1, 0.15) is 11.6 Å². The zero-order valence-electron chi connectivity index (χ0n) is 16.2. The van der Waals surface area contributed by atoms with Gasteiger partial charge in [-0.25, -0.2) is 4.39 Å². The molecule has 0 saturated carbocycles. The number of pyridine rings is 1. The first-order valence-electron chi connectivity index (χ1n) is 8.97. The number of hydrogen-bond acceptors (Lipinski definition) is 3. The van der Waals surface area contributed by atoms with Crippen molar-refractivity contribution >= 4 is 28.4 Å². The molecule has 0 aliphatic heterocycles. The van der Waals surface area contributed by atoms with Crippen LogP contribution >= 0.6 is 11.6 Å². The number of halogens is 2. The van der Waals surface area contributed by atoms with Crippen molar-refractivity contribution in [2.75, 3.05) is 0 Å². The summed E-state index contributed by atoms with van der Waals surface area (Å²) in [6.07, 6.45) is 1.02. The van der Waals surface area contributed by atoms with E-state index in [1.54, 1.807) is 31.3 Å². The molecule has 0 aliphatic carbocycles. The third-order valence-electron chi connectivity index (χ3n) is 4.12. The minimum Gasteiger partial charge on any atom is -0.481 e. The number of fused-ring (bicyclic) bond motifs is 1. The second-order valence-corrected chi connectivity index (χ2v) is 8.07. The second kappa shape index (κ2) is 7.76. The van der Waals surface area contributed by atoms with E-state index in [-0.39, 0.29) is 17.3 Å². The lowest BCUT2D eigenvalue weighted by Crippen LogP contribution is -2.46. The quantitative estimate of drug-likeness (QED) is 0.640. The molecule has 1 N–H and O–H groups in total. The average Bonchev–Trinajstić information content (AvgIpc) is 2.60. The number of amides is 1. The van der Waals surface area contributed by atoms with E-state index in [1.165, 1.54) is 12.1 Å². The van der Waals surface area contributed by atoms with Gasteiger partial charge in [-0.15, -0.1) is 0 Å². The monoisotopic (exact) mass is 400 g/mol. The van der Waals surface area contributed by atoms with Crippen molar-refractivity contribution < 1.29 is 13.9 Å². The molecule has 0 fully saturated rings. The fourth-order valence-corrected chi connectivity index (χ4v) is 3.14. The highest BCUT2D eigenvalue weighted by Crippen LogP contribution is 2.34. The van der Waals surface area contributed by atoms with Gasteiger partial charge in [0.15, 0.2) is 6.10 Å². The van der Waals surface area contributed by atoms with E-state index in [1.807, 2.05) is 32.9 Å². The molecule has 146 valence electrons. The van der Waals surface area contributed by atoms with E-state index in [2.05, 4.69) is 10.3 Å². The molecule has 1 amide bonds. The Morgan fingerprint density at radius 1 is 1.14 bits per heavy atom. The van der Waals surface area contributed by atoms with Crippen molar-refractivity contribution in [3.63, 3.8) is 0 Å². The summed E-state index contributed by atoms with van der Waals surface area (Å²) in [5.41, 5.74) is 1.93. The molecule has 0 aliphatic rings. The van der Waals surface area contributed by atoms with Crippen LogP contribution in [0.4, 0.5) is 4.39 Å². The van der Waals surface area contributed by atoms with E-state index < -0.39 is 6.10 Å². The van der Waals surface area contributed by atoms with Crippen LogP contribution in [0.25, 0.3) is 22.0 Å². The van der Waals surface area contributed by atoms with Gasteiger partial charge in [-0.1, -0.05) is 11.6 Å². The maximum absolute atomic E-state index is 13.4. The number of benzene rings is 2. The van der Waals surface area contributed by atoms with Crippen LogP contribution in [0.1, 0.15) is 27.7 Å². The van der Waals surface area contributed by atoms with Crippen LogP contribution in [-0.2, 0) is 4.79 Å². The van der Waals surface area contributed by atoms with Crippen LogP contribution in [0, 0.1) is 5.82 Å². The lowest BCUT2D eigenvalue weighted by Gasteiger charge is -2.23. The molecule has 3 rings (SSSR count). The second-order valence-electron chi connectivity index (χ2n) is 7.66. The highest BCUT2D eigenvalue weighted by atomic mass is 35.5. The number of carbonyl (C=O) groups is 1. The van der Waals surface area contributed by atoms with Gasteiger partial charge in [0.25, 0.3) is 5.91 Å². The lowest BCUT2D eigenvalue weighted by atomic mass is 10.0. The largest absolute Gasteiger partial charge is 0.481 e. The van der Waals surface area contributed by atoms with Gasteiger partial charge in [-0.3, -0.25) is 9.78 Å². The molecule has 4 nitrogen and oxygen atoms in total. The van der Waals surface area contributed by atoms with Crippen molar-refractivity contribution in [2.24, 2.45) is 0 Å². The van der Waals surface area contributed by atoms with Crippen molar-refractivity contribution in [3.8, 4) is 16.9 Å². The normalized spacial score (nSPS) is 12.6. The summed E-state index contributed by atoms with van der Waals surface area (Å²) in [5, 5.41) is 4.08. The van der Waals surface area contributed by atoms with Gasteiger partial charge in [0, 0.05) is 28.8 Å². The minimum atomic E-state index is -0.647. The van der Waals surface area contributed by atoms with Gasteiger partial charge < -0.3 is 10.1 Å². The fourth-order valence-electron chi connectivity index (χ4n) is 2.87. The van der Waals surface area contributed by atoms with Crippen molar-refractivity contribution in [3.05, 3.63) is 59.5 Å². The number of hydrogen-bond donors (Lipinski definition) is 1. The Hall–Kier alpha value is -2.66. The molecule has 0 saturated heterocycles. The lowest BCUT2D eigenvalue weighted by molar-refractivity contribution is -0.128. The summed E-state index contributed by atoms with van der Waals surface area (Å²) in [5.74, 6) is -0.0309. The van der Waals surface area contributed by atoms with Crippen molar-refractivity contribution in [1.29, 1.82) is 0 Å². The number of ether oxygens (including phenoxy) is 1. The zero-order valence-corrected chi connectivity index (χ0v) is 17.0. The Morgan fingerprint density at radius 2 is 1.89 bits per heavy atom. The van der Waals surface area contributed by atoms with Crippen LogP contribution in [0.3, 0.4) is 0 Å². The first-order valence-corrected chi connectivity index (χ1v) is 9.35. The van der Waals surface area contributed by atoms with Gasteiger partial charge in [0.05, 0.1) is 10.5 Å². The molecular weight excluding hydrogens is 379 g/mol.